The van der Waals surface area contributed by atoms with Crippen LogP contribution in [-0.4, -0.2) is 82.4 Å². The van der Waals surface area contributed by atoms with E-state index in [4.69, 9.17) is 17.2 Å². The fourth-order valence-electron chi connectivity index (χ4n) is 3.76. The molecule has 11 nitrogen and oxygen atoms in total. The maximum absolute atomic E-state index is 10.5. The summed E-state index contributed by atoms with van der Waals surface area (Å²) in [5.74, 6) is 0.418. The monoisotopic (exact) mass is 424 g/mol. The molecule has 0 amide bonds. The average molecular weight is 425 g/mol. The van der Waals surface area contributed by atoms with Crippen molar-refractivity contribution >= 4 is 34.4 Å². The van der Waals surface area contributed by atoms with Crippen LogP contribution in [0, 0.1) is 0 Å². The minimum absolute atomic E-state index is 0.0259. The zero-order valence-electron chi connectivity index (χ0n) is 17.5. The third-order valence-electron chi connectivity index (χ3n) is 5.35. The van der Waals surface area contributed by atoms with Gasteiger partial charge in [-0.25, -0.2) is 9.97 Å². The zero-order valence-corrected chi connectivity index (χ0v) is 17.5. The van der Waals surface area contributed by atoms with E-state index < -0.39 is 6.10 Å². The Bertz CT molecular complexity index is 1050. The summed E-state index contributed by atoms with van der Waals surface area (Å²) in [4.78, 5) is 21.1. The lowest BCUT2D eigenvalue weighted by molar-refractivity contribution is 0.110. The van der Waals surface area contributed by atoms with Gasteiger partial charge in [0.1, 0.15) is 5.69 Å². The molecule has 1 atom stereocenters. The third kappa shape index (κ3) is 4.74. The third-order valence-corrected chi connectivity index (χ3v) is 5.35. The number of nitrogens with two attached hydrogens (primary N) is 3. The predicted molar refractivity (Wildman–Crippen MR) is 122 cm³/mol. The summed E-state index contributed by atoms with van der Waals surface area (Å²) in [6.45, 7) is 5.07. The lowest BCUT2D eigenvalue weighted by atomic mass is 10.1. The van der Waals surface area contributed by atoms with E-state index in [1.807, 2.05) is 36.2 Å². The van der Waals surface area contributed by atoms with E-state index >= 15 is 0 Å². The normalized spacial score (nSPS) is 15.8. The molecule has 8 N–H and O–H groups in total. The van der Waals surface area contributed by atoms with Gasteiger partial charge in [-0.05, 0) is 12.1 Å². The molecule has 164 valence electrons. The van der Waals surface area contributed by atoms with Gasteiger partial charge in [0.05, 0.1) is 6.10 Å². The number of β-amino-alcohol motifs (C(OH)–C–C–N with tert-alkyl or cyclic N) is 1. The van der Waals surface area contributed by atoms with Crippen molar-refractivity contribution in [2.45, 2.75) is 6.10 Å². The number of aliphatic hydroxyl groups excluding tert-OH is 1. The fraction of sp³-hybridized carbons (Fsp3) is 0.400. The SMILES string of the molecule is CN(CC(O)CN1CCNCC1)c1ccc(-c2nc3c(N)nc(N)nc3nc2N)cc1. The van der Waals surface area contributed by atoms with E-state index in [2.05, 4.69) is 30.2 Å². The van der Waals surface area contributed by atoms with E-state index in [9.17, 15) is 5.11 Å². The Morgan fingerprint density at radius 2 is 1.74 bits per heavy atom. The highest BCUT2D eigenvalue weighted by Gasteiger charge is 2.17. The summed E-state index contributed by atoms with van der Waals surface area (Å²) in [5, 5.41) is 13.8. The molecule has 0 radical (unpaired) electrons. The van der Waals surface area contributed by atoms with Crippen molar-refractivity contribution in [3.8, 4) is 11.3 Å². The summed E-state index contributed by atoms with van der Waals surface area (Å²) in [6.07, 6.45) is -0.430. The molecule has 0 aliphatic carbocycles. The summed E-state index contributed by atoms with van der Waals surface area (Å²) in [7, 11) is 1.96. The molecule has 11 heteroatoms. The Morgan fingerprint density at radius 3 is 2.45 bits per heavy atom. The van der Waals surface area contributed by atoms with Crippen LogP contribution in [0.3, 0.4) is 0 Å². The van der Waals surface area contributed by atoms with E-state index in [0.717, 1.165) is 37.4 Å². The van der Waals surface area contributed by atoms with Crippen LogP contribution in [0.25, 0.3) is 22.4 Å². The van der Waals surface area contributed by atoms with Gasteiger partial charge < -0.3 is 32.5 Å². The van der Waals surface area contributed by atoms with Crippen LogP contribution < -0.4 is 27.4 Å². The molecule has 1 aliphatic heterocycles. The van der Waals surface area contributed by atoms with Crippen molar-refractivity contribution in [1.82, 2.24) is 30.2 Å². The van der Waals surface area contributed by atoms with E-state index in [1.54, 1.807) is 0 Å². The minimum atomic E-state index is -0.430. The van der Waals surface area contributed by atoms with Gasteiger partial charge in [-0.3, -0.25) is 4.90 Å². The Labute approximate surface area is 180 Å². The second-order valence-corrected chi connectivity index (χ2v) is 7.73. The summed E-state index contributed by atoms with van der Waals surface area (Å²) in [5.41, 5.74) is 20.5. The van der Waals surface area contributed by atoms with Crippen LogP contribution in [0.4, 0.5) is 23.3 Å². The van der Waals surface area contributed by atoms with Crippen molar-refractivity contribution in [3.05, 3.63) is 24.3 Å². The highest BCUT2D eigenvalue weighted by Crippen LogP contribution is 2.28. The number of hydrogen-bond acceptors (Lipinski definition) is 11. The molecule has 4 rings (SSSR count). The number of nitrogens with one attached hydrogen (secondary N) is 1. The number of nitrogen functional groups attached to an aromatic ring is 3. The van der Waals surface area contributed by atoms with Gasteiger partial charge in [0.2, 0.25) is 5.95 Å². The first-order valence-corrected chi connectivity index (χ1v) is 10.2. The highest BCUT2D eigenvalue weighted by molar-refractivity contribution is 5.87. The molecule has 3 heterocycles. The Kier molecular flexibility index (Phi) is 5.98. The topological polar surface area (TPSA) is 168 Å². The van der Waals surface area contributed by atoms with Gasteiger partial charge in [0.25, 0.3) is 0 Å². The molecule has 1 fully saturated rings. The Morgan fingerprint density at radius 1 is 1.03 bits per heavy atom. The van der Waals surface area contributed by atoms with Gasteiger partial charge in [0, 0.05) is 57.6 Å². The summed E-state index contributed by atoms with van der Waals surface area (Å²) in [6, 6.07) is 7.74. The molecule has 2 aromatic heterocycles. The lowest BCUT2D eigenvalue weighted by Crippen LogP contribution is -2.48. The molecular weight excluding hydrogens is 396 g/mol. The van der Waals surface area contributed by atoms with E-state index in [-0.39, 0.29) is 23.2 Å². The number of fused-ring (bicyclic) bond motifs is 1. The number of anilines is 4. The van der Waals surface area contributed by atoms with Crippen LogP contribution >= 0.6 is 0 Å². The van der Waals surface area contributed by atoms with Crippen LogP contribution in [0.1, 0.15) is 0 Å². The number of rotatable bonds is 6. The molecule has 0 saturated carbocycles. The number of hydrogen-bond donors (Lipinski definition) is 5. The van der Waals surface area contributed by atoms with Crippen LogP contribution in [0.15, 0.2) is 24.3 Å². The van der Waals surface area contributed by atoms with E-state index in [0.29, 0.717) is 24.3 Å². The summed E-state index contributed by atoms with van der Waals surface area (Å²) < 4.78 is 0. The second-order valence-electron chi connectivity index (χ2n) is 7.73. The van der Waals surface area contributed by atoms with Crippen LogP contribution in [0.2, 0.25) is 0 Å². The van der Waals surface area contributed by atoms with Crippen molar-refractivity contribution in [2.75, 3.05) is 68.4 Å². The number of aromatic nitrogens is 4. The molecule has 31 heavy (non-hydrogen) atoms. The number of aliphatic hydroxyl groups is 1. The zero-order chi connectivity index (χ0) is 22.0. The molecule has 0 spiro atoms. The van der Waals surface area contributed by atoms with Crippen molar-refractivity contribution < 1.29 is 5.11 Å². The largest absolute Gasteiger partial charge is 0.390 e. The summed E-state index contributed by atoms with van der Waals surface area (Å²) >= 11 is 0. The maximum Gasteiger partial charge on any atom is 0.224 e. The smallest absolute Gasteiger partial charge is 0.224 e. The molecule has 1 saturated heterocycles. The fourth-order valence-corrected chi connectivity index (χ4v) is 3.76. The Hall–Kier alpha value is -3.28. The number of piperazine rings is 1. The Balaban J connectivity index is 1.48. The molecule has 0 bridgehead atoms. The van der Waals surface area contributed by atoms with Crippen LogP contribution in [0.5, 0.6) is 0 Å². The van der Waals surface area contributed by atoms with Gasteiger partial charge in [-0.15, -0.1) is 0 Å². The molecule has 1 aromatic carbocycles. The quantitative estimate of drug-likeness (QED) is 0.347. The minimum Gasteiger partial charge on any atom is -0.390 e. The first-order valence-electron chi connectivity index (χ1n) is 10.2. The van der Waals surface area contributed by atoms with E-state index in [1.165, 1.54) is 0 Å². The van der Waals surface area contributed by atoms with Gasteiger partial charge in [-0.2, -0.15) is 9.97 Å². The molecular formula is C20H28N10O. The predicted octanol–water partition coefficient (Wildman–Crippen LogP) is -0.464. The van der Waals surface area contributed by atoms with Gasteiger partial charge >= 0.3 is 0 Å². The molecule has 1 aliphatic rings. The number of likely N-dealkylation sites (N-methyl/N-ethyl adjacent to an activating group) is 1. The number of nitrogens with zero attached hydrogens (tertiary/aromatic N) is 6. The van der Waals surface area contributed by atoms with Crippen molar-refractivity contribution in [2.24, 2.45) is 0 Å². The average Bonchev–Trinajstić information content (AvgIpc) is 2.74. The standard InChI is InChI=1S/C20H28N10O/c1-29(10-14(31)11-30-8-6-24-7-9-30)13-4-2-12(3-5-13)15-17(21)26-19-16(25-15)18(22)27-20(23)28-19/h2-5,14,24,31H,6-11H2,1H3,(H6,21,22,23,26,27,28). The maximum atomic E-state index is 10.5. The first kappa shape index (κ1) is 21.0. The van der Waals surface area contributed by atoms with Crippen LogP contribution in [-0.2, 0) is 0 Å². The van der Waals surface area contributed by atoms with Gasteiger partial charge in [-0.1, -0.05) is 12.1 Å². The lowest BCUT2D eigenvalue weighted by Gasteiger charge is -2.31. The van der Waals surface area contributed by atoms with Crippen molar-refractivity contribution in [3.63, 3.8) is 0 Å². The van der Waals surface area contributed by atoms with Crippen molar-refractivity contribution in [1.29, 1.82) is 0 Å². The molecule has 3 aromatic rings. The number of benzene rings is 1. The first-order chi connectivity index (χ1) is 14.9. The highest BCUT2D eigenvalue weighted by atomic mass is 16.3. The van der Waals surface area contributed by atoms with Gasteiger partial charge in [0.15, 0.2) is 22.8 Å². The second kappa shape index (κ2) is 8.84. The molecule has 1 unspecified atom stereocenters.